The van der Waals surface area contributed by atoms with Crippen molar-refractivity contribution in [2.45, 2.75) is 58.5 Å². The van der Waals surface area contributed by atoms with Crippen LogP contribution < -0.4 is 5.32 Å². The second-order valence-corrected chi connectivity index (χ2v) is 9.43. The highest BCUT2D eigenvalue weighted by molar-refractivity contribution is 7.99. The van der Waals surface area contributed by atoms with Crippen LogP contribution in [0.1, 0.15) is 44.4 Å². The lowest BCUT2D eigenvalue weighted by Gasteiger charge is -2.31. The molecule has 0 fully saturated rings. The molecule has 1 atom stereocenters. The highest BCUT2D eigenvalue weighted by Crippen LogP contribution is 2.19. The first-order valence-electron chi connectivity index (χ1n) is 10.1. The number of halogens is 1. The van der Waals surface area contributed by atoms with Crippen molar-refractivity contribution in [1.82, 2.24) is 10.2 Å². The topological polar surface area (TPSA) is 49.4 Å². The van der Waals surface area contributed by atoms with Gasteiger partial charge in [0.2, 0.25) is 11.8 Å². The molecule has 6 heteroatoms. The molecule has 4 nitrogen and oxygen atoms in total. The highest BCUT2D eigenvalue weighted by atomic mass is 32.2. The van der Waals surface area contributed by atoms with Crippen molar-refractivity contribution in [1.29, 1.82) is 0 Å². The van der Waals surface area contributed by atoms with E-state index in [0.717, 1.165) is 0 Å². The minimum absolute atomic E-state index is 0.0508. The average Bonchev–Trinajstić information content (AvgIpc) is 2.67. The summed E-state index contributed by atoms with van der Waals surface area (Å²) >= 11 is 1.50. The first-order chi connectivity index (χ1) is 14.1. The van der Waals surface area contributed by atoms with Crippen molar-refractivity contribution < 1.29 is 14.0 Å². The molecule has 30 heavy (non-hydrogen) atoms. The summed E-state index contributed by atoms with van der Waals surface area (Å²) in [6.07, 6.45) is 0. The lowest BCUT2D eigenvalue weighted by atomic mass is 10.1. The molecule has 0 aliphatic rings. The van der Waals surface area contributed by atoms with E-state index in [1.165, 1.54) is 33.9 Å². The summed E-state index contributed by atoms with van der Waals surface area (Å²) < 4.78 is 14.2. The number of nitrogens with zero attached hydrogens (tertiary/aromatic N) is 1. The van der Waals surface area contributed by atoms with Crippen LogP contribution >= 0.6 is 11.8 Å². The molecule has 0 spiro atoms. The van der Waals surface area contributed by atoms with Crippen molar-refractivity contribution >= 4 is 23.6 Å². The number of hydrogen-bond acceptors (Lipinski definition) is 3. The molecule has 0 bridgehead atoms. The largest absolute Gasteiger partial charge is 0.350 e. The summed E-state index contributed by atoms with van der Waals surface area (Å²) in [6, 6.07) is 13.7. The Kier molecular flexibility index (Phi) is 8.47. The van der Waals surface area contributed by atoms with Crippen molar-refractivity contribution in [3.05, 3.63) is 71.0 Å². The van der Waals surface area contributed by atoms with E-state index >= 15 is 0 Å². The number of benzene rings is 2. The van der Waals surface area contributed by atoms with E-state index in [2.05, 4.69) is 5.32 Å². The fourth-order valence-electron chi connectivity index (χ4n) is 2.97. The third-order valence-electron chi connectivity index (χ3n) is 4.71. The molecule has 0 aliphatic heterocycles. The molecular weight excluding hydrogens is 399 g/mol. The Hall–Kier alpha value is -2.34. The molecule has 0 saturated carbocycles. The van der Waals surface area contributed by atoms with Crippen molar-refractivity contribution in [2.75, 3.05) is 5.75 Å². The normalized spacial score (nSPS) is 12.3. The summed E-state index contributed by atoms with van der Waals surface area (Å²) in [5.41, 5.74) is 2.33. The average molecular weight is 431 g/mol. The second kappa shape index (κ2) is 10.6. The summed E-state index contributed by atoms with van der Waals surface area (Å²) in [6.45, 7) is 9.44. The number of thioether (sulfide) groups is 1. The van der Waals surface area contributed by atoms with Gasteiger partial charge in [0.1, 0.15) is 11.9 Å². The SMILES string of the molecule is Cc1ccccc1CSCC(=O)N(Cc1ccccc1F)[C@@H](C)C(=O)NC(C)(C)C. The highest BCUT2D eigenvalue weighted by Gasteiger charge is 2.28. The number of nitrogens with one attached hydrogen (secondary N) is 1. The third-order valence-corrected chi connectivity index (χ3v) is 5.67. The van der Waals surface area contributed by atoms with Crippen LogP contribution in [0.5, 0.6) is 0 Å². The molecule has 0 saturated heterocycles. The summed E-state index contributed by atoms with van der Waals surface area (Å²) in [5.74, 6) is 0.0977. The molecule has 0 radical (unpaired) electrons. The van der Waals surface area contributed by atoms with Crippen LogP contribution in [0.2, 0.25) is 0 Å². The maximum Gasteiger partial charge on any atom is 0.242 e. The third kappa shape index (κ3) is 7.17. The summed E-state index contributed by atoms with van der Waals surface area (Å²) in [4.78, 5) is 27.2. The number of carbonyl (C=O) groups excluding carboxylic acids is 2. The van der Waals surface area contributed by atoms with Crippen molar-refractivity contribution in [2.24, 2.45) is 0 Å². The zero-order valence-electron chi connectivity index (χ0n) is 18.4. The van der Waals surface area contributed by atoms with E-state index in [1.54, 1.807) is 25.1 Å². The lowest BCUT2D eigenvalue weighted by Crippen LogP contribution is -2.52. The van der Waals surface area contributed by atoms with E-state index in [0.29, 0.717) is 11.3 Å². The Morgan fingerprint density at radius 3 is 2.27 bits per heavy atom. The molecule has 2 amide bonds. The van der Waals surface area contributed by atoms with Gasteiger partial charge in [-0.05, 0) is 51.8 Å². The number of hydrogen-bond donors (Lipinski definition) is 1. The Labute approximate surface area is 183 Å². The van der Waals surface area contributed by atoms with Gasteiger partial charge in [-0.2, -0.15) is 0 Å². The van der Waals surface area contributed by atoms with E-state index in [1.807, 2.05) is 52.0 Å². The molecule has 1 N–H and O–H groups in total. The van der Waals surface area contributed by atoms with E-state index in [-0.39, 0.29) is 29.9 Å². The molecule has 162 valence electrons. The van der Waals surface area contributed by atoms with Crippen LogP contribution in [0.4, 0.5) is 4.39 Å². The van der Waals surface area contributed by atoms with Crippen LogP contribution in [0.25, 0.3) is 0 Å². The van der Waals surface area contributed by atoms with Gasteiger partial charge in [0.15, 0.2) is 0 Å². The Bertz CT molecular complexity index is 880. The Morgan fingerprint density at radius 2 is 1.67 bits per heavy atom. The van der Waals surface area contributed by atoms with Gasteiger partial charge in [0.05, 0.1) is 5.75 Å². The van der Waals surface area contributed by atoms with Gasteiger partial charge in [-0.1, -0.05) is 42.5 Å². The van der Waals surface area contributed by atoms with Crippen LogP contribution in [-0.4, -0.2) is 34.0 Å². The first kappa shape index (κ1) is 23.9. The predicted molar refractivity (Wildman–Crippen MR) is 122 cm³/mol. The summed E-state index contributed by atoms with van der Waals surface area (Å²) in [5, 5.41) is 2.91. The van der Waals surface area contributed by atoms with Gasteiger partial charge in [0, 0.05) is 23.4 Å². The van der Waals surface area contributed by atoms with Gasteiger partial charge >= 0.3 is 0 Å². The van der Waals surface area contributed by atoms with Gasteiger partial charge in [-0.15, -0.1) is 11.8 Å². The summed E-state index contributed by atoms with van der Waals surface area (Å²) in [7, 11) is 0. The Balaban J connectivity index is 2.13. The standard InChI is InChI=1S/C24H31FN2O2S/c1-17-10-6-7-12-20(17)15-30-16-22(28)27(14-19-11-8-9-13-21(19)25)18(2)23(29)26-24(3,4)5/h6-13,18H,14-16H2,1-5H3,(H,26,29)/t18-/m0/s1. The molecule has 0 heterocycles. The molecule has 0 aliphatic carbocycles. The van der Waals surface area contributed by atoms with Gasteiger partial charge in [-0.3, -0.25) is 9.59 Å². The number of amides is 2. The monoisotopic (exact) mass is 430 g/mol. The minimum Gasteiger partial charge on any atom is -0.350 e. The zero-order valence-corrected chi connectivity index (χ0v) is 19.2. The van der Waals surface area contributed by atoms with Crippen molar-refractivity contribution in [3.63, 3.8) is 0 Å². The van der Waals surface area contributed by atoms with E-state index in [9.17, 15) is 14.0 Å². The number of aryl methyl sites for hydroxylation is 1. The second-order valence-electron chi connectivity index (χ2n) is 8.45. The Morgan fingerprint density at radius 1 is 1.07 bits per heavy atom. The lowest BCUT2D eigenvalue weighted by molar-refractivity contribution is -0.139. The molecule has 0 unspecified atom stereocenters. The zero-order chi connectivity index (χ0) is 22.3. The van der Waals surface area contributed by atoms with E-state index in [4.69, 9.17) is 0 Å². The first-order valence-corrected chi connectivity index (χ1v) is 11.2. The van der Waals surface area contributed by atoms with Crippen LogP contribution in [0.15, 0.2) is 48.5 Å². The molecule has 0 aromatic heterocycles. The van der Waals surface area contributed by atoms with Gasteiger partial charge in [0.25, 0.3) is 0 Å². The van der Waals surface area contributed by atoms with Gasteiger partial charge in [-0.25, -0.2) is 4.39 Å². The molecule has 2 aromatic rings. The fourth-order valence-corrected chi connectivity index (χ4v) is 3.96. The van der Waals surface area contributed by atoms with Crippen LogP contribution in [0, 0.1) is 12.7 Å². The molecule has 2 rings (SSSR count). The van der Waals surface area contributed by atoms with E-state index < -0.39 is 11.6 Å². The van der Waals surface area contributed by atoms with Crippen molar-refractivity contribution in [3.8, 4) is 0 Å². The van der Waals surface area contributed by atoms with Crippen LogP contribution in [-0.2, 0) is 21.9 Å². The van der Waals surface area contributed by atoms with Crippen LogP contribution in [0.3, 0.4) is 0 Å². The number of carbonyl (C=O) groups is 2. The maximum absolute atomic E-state index is 14.2. The quantitative estimate of drug-likeness (QED) is 0.660. The molecular formula is C24H31FN2O2S. The number of rotatable bonds is 8. The van der Waals surface area contributed by atoms with Gasteiger partial charge < -0.3 is 10.2 Å². The predicted octanol–water partition coefficient (Wildman–Crippen LogP) is 4.70. The maximum atomic E-state index is 14.2. The minimum atomic E-state index is -0.713. The smallest absolute Gasteiger partial charge is 0.242 e. The molecule has 2 aromatic carbocycles. The fraction of sp³-hybridized carbons (Fsp3) is 0.417.